The molecule has 1 amide bonds. The minimum atomic E-state index is -0.160. The zero-order chi connectivity index (χ0) is 19.7. The topological polar surface area (TPSA) is 87.9 Å². The molecule has 0 spiro atoms. The third kappa shape index (κ3) is 3.56. The lowest BCUT2D eigenvalue weighted by molar-refractivity contribution is -0.117. The van der Waals surface area contributed by atoms with Gasteiger partial charge in [0.1, 0.15) is 11.4 Å². The number of hydrogen-bond acceptors (Lipinski definition) is 5. The first-order valence-corrected chi connectivity index (χ1v) is 9.47. The van der Waals surface area contributed by atoms with E-state index in [1.54, 1.807) is 12.1 Å². The van der Waals surface area contributed by atoms with Crippen LogP contribution >= 0.6 is 11.6 Å². The van der Waals surface area contributed by atoms with E-state index >= 15 is 0 Å². The number of carbonyl (C=O) groups is 1. The van der Waals surface area contributed by atoms with Crippen molar-refractivity contribution in [1.29, 1.82) is 0 Å². The van der Waals surface area contributed by atoms with E-state index in [-0.39, 0.29) is 18.6 Å². The number of aliphatic hydroxyl groups is 1. The van der Waals surface area contributed by atoms with Crippen LogP contribution < -0.4 is 15.4 Å². The molecule has 146 valence electrons. The maximum absolute atomic E-state index is 12.3. The molecular weight excluding hydrogens is 380 g/mol. The molecule has 0 bridgehead atoms. The number of fused-ring (bicyclic) bond motifs is 1. The van der Waals surface area contributed by atoms with Crippen LogP contribution in [-0.4, -0.2) is 40.1 Å². The smallest absolute Gasteiger partial charge is 0.241 e. The number of rotatable bonds is 5. The van der Waals surface area contributed by atoms with Gasteiger partial charge in [0.25, 0.3) is 0 Å². The third-order valence-electron chi connectivity index (χ3n) is 4.93. The third-order valence-corrected chi connectivity index (χ3v) is 5.22. The standard InChI is InChI=1S/C20H21ClN4O3/c1-28-18-7-12(11-26)14(9-15(18)21)17-10-25-6-4-13(8-19(25)24-17)23-20(27)16-3-2-5-22-16/h4,6-10,16,22,26H,2-3,5,11H2,1H3,(H,23,27)/t16-/m0/s1. The molecule has 7 nitrogen and oxygen atoms in total. The summed E-state index contributed by atoms with van der Waals surface area (Å²) in [7, 11) is 1.53. The maximum Gasteiger partial charge on any atom is 0.241 e. The Labute approximate surface area is 167 Å². The number of pyridine rings is 1. The monoisotopic (exact) mass is 400 g/mol. The predicted octanol–water partition coefficient (Wildman–Crippen LogP) is 2.85. The van der Waals surface area contributed by atoms with Crippen LogP contribution in [0.3, 0.4) is 0 Å². The van der Waals surface area contributed by atoms with E-state index in [0.717, 1.165) is 24.9 Å². The molecule has 3 N–H and O–H groups in total. The first-order valence-electron chi connectivity index (χ1n) is 9.09. The molecule has 1 aliphatic rings. The van der Waals surface area contributed by atoms with Crippen molar-refractivity contribution in [3.05, 3.63) is 47.2 Å². The summed E-state index contributed by atoms with van der Waals surface area (Å²) in [6, 6.07) is 6.96. The van der Waals surface area contributed by atoms with Crippen LogP contribution in [0.2, 0.25) is 5.02 Å². The fourth-order valence-corrected chi connectivity index (χ4v) is 3.69. The number of ether oxygens (including phenoxy) is 1. The van der Waals surface area contributed by atoms with Gasteiger partial charge in [0.15, 0.2) is 0 Å². The molecule has 3 aromatic rings. The van der Waals surface area contributed by atoms with Gasteiger partial charge in [0.2, 0.25) is 5.91 Å². The van der Waals surface area contributed by atoms with Crippen molar-refractivity contribution in [3.63, 3.8) is 0 Å². The Morgan fingerprint density at radius 3 is 3.04 bits per heavy atom. The highest BCUT2D eigenvalue weighted by atomic mass is 35.5. The Morgan fingerprint density at radius 1 is 1.46 bits per heavy atom. The molecule has 28 heavy (non-hydrogen) atoms. The minimum Gasteiger partial charge on any atom is -0.495 e. The fraction of sp³-hybridized carbons (Fsp3) is 0.300. The van der Waals surface area contributed by atoms with Gasteiger partial charge in [-0.15, -0.1) is 0 Å². The van der Waals surface area contributed by atoms with E-state index in [1.165, 1.54) is 7.11 Å². The van der Waals surface area contributed by atoms with Gasteiger partial charge < -0.3 is 24.9 Å². The number of hydrogen-bond donors (Lipinski definition) is 3. The second-order valence-corrected chi connectivity index (χ2v) is 7.15. The molecule has 2 aromatic heterocycles. The lowest BCUT2D eigenvalue weighted by Gasteiger charge is -2.11. The normalized spacial score (nSPS) is 16.5. The molecule has 0 unspecified atom stereocenters. The zero-order valence-corrected chi connectivity index (χ0v) is 16.2. The van der Waals surface area contributed by atoms with Crippen molar-refractivity contribution in [1.82, 2.24) is 14.7 Å². The van der Waals surface area contributed by atoms with E-state index in [1.807, 2.05) is 28.9 Å². The van der Waals surface area contributed by atoms with Gasteiger partial charge >= 0.3 is 0 Å². The van der Waals surface area contributed by atoms with Gasteiger partial charge in [-0.25, -0.2) is 4.98 Å². The minimum absolute atomic E-state index is 0.0295. The summed E-state index contributed by atoms with van der Waals surface area (Å²) >= 11 is 6.26. The summed E-state index contributed by atoms with van der Waals surface area (Å²) in [5.41, 5.74) is 3.46. The molecule has 0 aliphatic carbocycles. The highest BCUT2D eigenvalue weighted by molar-refractivity contribution is 6.32. The number of imidazole rings is 1. The number of benzene rings is 1. The van der Waals surface area contributed by atoms with Crippen LogP contribution in [0.4, 0.5) is 5.69 Å². The highest BCUT2D eigenvalue weighted by Gasteiger charge is 2.22. The van der Waals surface area contributed by atoms with Gasteiger partial charge in [-0.2, -0.15) is 0 Å². The number of amides is 1. The zero-order valence-electron chi connectivity index (χ0n) is 15.4. The summed E-state index contributed by atoms with van der Waals surface area (Å²) in [5, 5.41) is 16.3. The summed E-state index contributed by atoms with van der Waals surface area (Å²) < 4.78 is 7.08. The Bertz CT molecular complexity index is 1030. The fourth-order valence-electron chi connectivity index (χ4n) is 3.45. The number of methoxy groups -OCH3 is 1. The lowest BCUT2D eigenvalue weighted by atomic mass is 10.1. The van der Waals surface area contributed by atoms with E-state index in [9.17, 15) is 9.90 Å². The van der Waals surface area contributed by atoms with Crippen LogP contribution in [0.15, 0.2) is 36.7 Å². The number of carbonyl (C=O) groups excluding carboxylic acids is 1. The lowest BCUT2D eigenvalue weighted by Crippen LogP contribution is -2.35. The van der Waals surface area contributed by atoms with E-state index in [2.05, 4.69) is 15.6 Å². The van der Waals surface area contributed by atoms with Crippen molar-refractivity contribution in [2.45, 2.75) is 25.5 Å². The molecular formula is C20H21ClN4O3. The van der Waals surface area contributed by atoms with Gasteiger partial charge in [0.05, 0.1) is 30.5 Å². The largest absolute Gasteiger partial charge is 0.495 e. The number of halogens is 1. The van der Waals surface area contributed by atoms with E-state index in [4.69, 9.17) is 16.3 Å². The average Bonchev–Trinajstić information content (AvgIpc) is 3.37. The van der Waals surface area contributed by atoms with Gasteiger partial charge in [-0.3, -0.25) is 4.79 Å². The van der Waals surface area contributed by atoms with Crippen molar-refractivity contribution < 1.29 is 14.6 Å². The molecule has 3 heterocycles. The molecule has 4 rings (SSSR count). The molecule has 1 aliphatic heterocycles. The number of nitrogens with one attached hydrogen (secondary N) is 2. The van der Waals surface area contributed by atoms with E-state index in [0.29, 0.717) is 33.4 Å². The number of aliphatic hydroxyl groups excluding tert-OH is 1. The first kappa shape index (κ1) is 18.7. The van der Waals surface area contributed by atoms with Crippen LogP contribution in [0.5, 0.6) is 5.75 Å². The van der Waals surface area contributed by atoms with Gasteiger partial charge in [-0.1, -0.05) is 11.6 Å². The average molecular weight is 401 g/mol. The summed E-state index contributed by atoms with van der Waals surface area (Å²) in [6.45, 7) is 0.713. The molecule has 1 fully saturated rings. The quantitative estimate of drug-likeness (QED) is 0.613. The second-order valence-electron chi connectivity index (χ2n) is 6.75. The van der Waals surface area contributed by atoms with Crippen LogP contribution in [0, 0.1) is 0 Å². The van der Waals surface area contributed by atoms with Crippen LogP contribution in [0.1, 0.15) is 18.4 Å². The molecule has 1 aromatic carbocycles. The molecule has 1 saturated heterocycles. The van der Waals surface area contributed by atoms with Crippen molar-refractivity contribution >= 4 is 28.8 Å². The predicted molar refractivity (Wildman–Crippen MR) is 108 cm³/mol. The number of nitrogens with zero attached hydrogens (tertiary/aromatic N) is 2. The van der Waals surface area contributed by atoms with E-state index < -0.39 is 0 Å². The Balaban J connectivity index is 1.65. The highest BCUT2D eigenvalue weighted by Crippen LogP contribution is 2.34. The van der Waals surface area contributed by atoms with Crippen molar-refractivity contribution in [3.8, 4) is 17.0 Å². The SMILES string of the molecule is COc1cc(CO)c(-c2cn3ccc(NC(=O)[C@@H]4CCCN4)cc3n2)cc1Cl. The summed E-state index contributed by atoms with van der Waals surface area (Å²) in [4.78, 5) is 16.9. The van der Waals surface area contributed by atoms with Crippen LogP contribution in [0.25, 0.3) is 16.9 Å². The van der Waals surface area contributed by atoms with Crippen LogP contribution in [-0.2, 0) is 11.4 Å². The van der Waals surface area contributed by atoms with Gasteiger partial charge in [0, 0.05) is 29.7 Å². The maximum atomic E-state index is 12.3. The number of aromatic nitrogens is 2. The van der Waals surface area contributed by atoms with Crippen molar-refractivity contribution in [2.24, 2.45) is 0 Å². The molecule has 8 heteroatoms. The van der Waals surface area contributed by atoms with Gasteiger partial charge in [-0.05, 0) is 43.1 Å². The summed E-state index contributed by atoms with van der Waals surface area (Å²) in [5.74, 6) is 0.474. The summed E-state index contributed by atoms with van der Waals surface area (Å²) in [6.07, 6.45) is 5.56. The second kappa shape index (κ2) is 7.79. The molecule has 1 atom stereocenters. The first-order chi connectivity index (χ1) is 13.6. The Kier molecular flexibility index (Phi) is 5.21. The molecule has 0 saturated carbocycles. The Hall–Kier alpha value is -2.61. The Morgan fingerprint density at radius 2 is 2.32 bits per heavy atom. The molecule has 0 radical (unpaired) electrons. The van der Waals surface area contributed by atoms with Crippen molar-refractivity contribution in [2.75, 3.05) is 19.0 Å². The number of anilines is 1.